The maximum atomic E-state index is 12.5. The lowest BCUT2D eigenvalue weighted by atomic mass is 10.2. The van der Waals surface area contributed by atoms with E-state index in [1.165, 1.54) is 12.8 Å². The zero-order valence-electron chi connectivity index (χ0n) is 12.5. The molecule has 0 bridgehead atoms. The quantitative estimate of drug-likeness (QED) is 0.838. The number of carbonyl (C=O) groups excluding carboxylic acids is 1. The lowest BCUT2D eigenvalue weighted by molar-refractivity contribution is -0.131. The van der Waals surface area contributed by atoms with Crippen molar-refractivity contribution in [1.29, 1.82) is 0 Å². The van der Waals surface area contributed by atoms with Gasteiger partial charge >= 0.3 is 0 Å². The summed E-state index contributed by atoms with van der Waals surface area (Å²) in [4.78, 5) is 14.6. The van der Waals surface area contributed by atoms with E-state index in [4.69, 9.17) is 0 Å². The van der Waals surface area contributed by atoms with Gasteiger partial charge in [0.05, 0.1) is 6.04 Å². The Hall–Kier alpha value is -0.970. The predicted molar refractivity (Wildman–Crippen MR) is 83.9 cm³/mol. The largest absolute Gasteiger partial charge is 0.342 e. The van der Waals surface area contributed by atoms with Crippen LogP contribution < -0.4 is 0 Å². The van der Waals surface area contributed by atoms with Gasteiger partial charge in [0.1, 0.15) is 0 Å². The number of thioether (sulfide) groups is 1. The standard InChI is InChI=1S/C15H25N3OS/c1-3-20-14-7-4-5-9-17(12-14)15(19)11-13(2)18-10-6-8-16-18/h6,8,10,13-14H,3-5,7,9,11-12H2,1-2H3. The summed E-state index contributed by atoms with van der Waals surface area (Å²) in [6.07, 6.45) is 7.87. The summed E-state index contributed by atoms with van der Waals surface area (Å²) in [7, 11) is 0. The van der Waals surface area contributed by atoms with Crippen LogP contribution in [0.5, 0.6) is 0 Å². The summed E-state index contributed by atoms with van der Waals surface area (Å²) in [6.45, 7) is 6.09. The van der Waals surface area contributed by atoms with Gasteiger partial charge in [-0.25, -0.2) is 0 Å². The Kier molecular flexibility index (Phi) is 5.95. The summed E-state index contributed by atoms with van der Waals surface area (Å²) in [5.41, 5.74) is 0. The van der Waals surface area contributed by atoms with Crippen molar-refractivity contribution in [1.82, 2.24) is 14.7 Å². The van der Waals surface area contributed by atoms with Gasteiger partial charge in [0.25, 0.3) is 0 Å². The SMILES string of the molecule is CCSC1CCCCN(C(=O)CC(C)n2cccn2)C1. The Balaban J connectivity index is 1.90. The number of hydrogen-bond donors (Lipinski definition) is 0. The first-order chi connectivity index (χ1) is 9.70. The van der Waals surface area contributed by atoms with Gasteiger partial charge in [-0.1, -0.05) is 13.3 Å². The van der Waals surface area contributed by atoms with Crippen LogP contribution in [-0.2, 0) is 4.79 Å². The third kappa shape index (κ3) is 4.27. The van der Waals surface area contributed by atoms with Gasteiger partial charge in [0.15, 0.2) is 0 Å². The first kappa shape index (κ1) is 15.4. The van der Waals surface area contributed by atoms with Crippen LogP contribution in [0.25, 0.3) is 0 Å². The van der Waals surface area contributed by atoms with Gasteiger partial charge in [-0.3, -0.25) is 9.48 Å². The molecule has 1 aromatic rings. The highest BCUT2D eigenvalue weighted by Gasteiger charge is 2.23. The molecule has 0 radical (unpaired) electrons. The third-order valence-corrected chi connectivity index (χ3v) is 5.02. The van der Waals surface area contributed by atoms with Crippen molar-refractivity contribution in [3.63, 3.8) is 0 Å². The number of hydrogen-bond acceptors (Lipinski definition) is 3. The summed E-state index contributed by atoms with van der Waals surface area (Å²) < 4.78 is 1.87. The summed E-state index contributed by atoms with van der Waals surface area (Å²) >= 11 is 1.99. The fourth-order valence-corrected chi connectivity index (χ4v) is 3.81. The molecule has 0 aliphatic carbocycles. The van der Waals surface area contributed by atoms with Crippen LogP contribution in [0.3, 0.4) is 0 Å². The zero-order chi connectivity index (χ0) is 14.4. The number of nitrogens with zero attached hydrogens (tertiary/aromatic N) is 3. The molecule has 0 spiro atoms. The highest BCUT2D eigenvalue weighted by molar-refractivity contribution is 7.99. The second-order valence-electron chi connectivity index (χ2n) is 5.45. The van der Waals surface area contributed by atoms with Crippen molar-refractivity contribution in [2.24, 2.45) is 0 Å². The van der Waals surface area contributed by atoms with Gasteiger partial charge < -0.3 is 4.90 Å². The minimum Gasteiger partial charge on any atom is -0.342 e. The van der Waals surface area contributed by atoms with Crippen LogP contribution in [0.4, 0.5) is 0 Å². The smallest absolute Gasteiger partial charge is 0.224 e. The number of likely N-dealkylation sites (tertiary alicyclic amines) is 1. The minimum absolute atomic E-state index is 0.137. The highest BCUT2D eigenvalue weighted by Crippen LogP contribution is 2.23. The van der Waals surface area contributed by atoms with E-state index < -0.39 is 0 Å². The number of rotatable bonds is 5. The Morgan fingerprint density at radius 1 is 1.50 bits per heavy atom. The van der Waals surface area contributed by atoms with E-state index in [2.05, 4.69) is 23.8 Å². The molecule has 1 aromatic heterocycles. The first-order valence-electron chi connectivity index (χ1n) is 7.59. The molecule has 0 aromatic carbocycles. The minimum atomic E-state index is 0.137. The van der Waals surface area contributed by atoms with Crippen LogP contribution >= 0.6 is 11.8 Å². The molecule has 2 rings (SSSR count). The Labute approximate surface area is 125 Å². The molecule has 20 heavy (non-hydrogen) atoms. The molecule has 112 valence electrons. The molecule has 0 saturated carbocycles. The second kappa shape index (κ2) is 7.72. The molecule has 2 unspecified atom stereocenters. The average Bonchev–Trinajstić information content (AvgIpc) is 2.86. The lowest BCUT2D eigenvalue weighted by Gasteiger charge is -2.25. The first-order valence-corrected chi connectivity index (χ1v) is 8.64. The monoisotopic (exact) mass is 295 g/mol. The normalized spacial score (nSPS) is 21.5. The van der Waals surface area contributed by atoms with E-state index in [0.717, 1.165) is 25.3 Å². The molecule has 5 heteroatoms. The Morgan fingerprint density at radius 3 is 3.05 bits per heavy atom. The van der Waals surface area contributed by atoms with Gasteiger partial charge in [-0.05, 0) is 31.6 Å². The van der Waals surface area contributed by atoms with E-state index >= 15 is 0 Å². The van der Waals surface area contributed by atoms with Crippen LogP contribution in [0.1, 0.15) is 45.6 Å². The summed E-state index contributed by atoms with van der Waals surface area (Å²) in [5, 5.41) is 4.84. The van der Waals surface area contributed by atoms with E-state index in [0.29, 0.717) is 11.7 Å². The molecular weight excluding hydrogens is 270 g/mol. The summed E-state index contributed by atoms with van der Waals surface area (Å²) in [5.74, 6) is 1.41. The van der Waals surface area contributed by atoms with Crippen molar-refractivity contribution < 1.29 is 4.79 Å². The molecule has 2 heterocycles. The van der Waals surface area contributed by atoms with Gasteiger partial charge in [-0.2, -0.15) is 16.9 Å². The molecule has 1 aliphatic rings. The fourth-order valence-electron chi connectivity index (χ4n) is 2.72. The molecule has 1 amide bonds. The molecular formula is C15H25N3OS. The van der Waals surface area contributed by atoms with E-state index in [-0.39, 0.29) is 11.9 Å². The fraction of sp³-hybridized carbons (Fsp3) is 0.733. The van der Waals surface area contributed by atoms with E-state index in [9.17, 15) is 4.79 Å². The van der Waals surface area contributed by atoms with Crippen molar-refractivity contribution in [3.05, 3.63) is 18.5 Å². The van der Waals surface area contributed by atoms with Crippen LogP contribution in [0.2, 0.25) is 0 Å². The van der Waals surface area contributed by atoms with Crippen molar-refractivity contribution in [2.45, 2.75) is 50.8 Å². The van der Waals surface area contributed by atoms with Crippen LogP contribution in [0, 0.1) is 0 Å². The molecule has 2 atom stereocenters. The van der Waals surface area contributed by atoms with Crippen molar-refractivity contribution in [3.8, 4) is 0 Å². The molecule has 1 fully saturated rings. The van der Waals surface area contributed by atoms with Crippen molar-refractivity contribution in [2.75, 3.05) is 18.8 Å². The Morgan fingerprint density at radius 2 is 2.35 bits per heavy atom. The van der Waals surface area contributed by atoms with Crippen molar-refractivity contribution >= 4 is 17.7 Å². The zero-order valence-corrected chi connectivity index (χ0v) is 13.3. The van der Waals surface area contributed by atoms with E-state index in [1.54, 1.807) is 6.20 Å². The molecule has 0 N–H and O–H groups in total. The van der Waals surface area contributed by atoms with Crippen LogP contribution in [0.15, 0.2) is 18.5 Å². The third-order valence-electron chi connectivity index (χ3n) is 3.83. The second-order valence-corrected chi connectivity index (χ2v) is 7.03. The Bertz CT molecular complexity index is 407. The van der Waals surface area contributed by atoms with Gasteiger partial charge in [0, 0.05) is 37.2 Å². The topological polar surface area (TPSA) is 38.1 Å². The number of amides is 1. The molecule has 1 aliphatic heterocycles. The molecule has 1 saturated heterocycles. The van der Waals surface area contributed by atoms with Gasteiger partial charge in [0.2, 0.25) is 5.91 Å². The average molecular weight is 295 g/mol. The van der Waals surface area contributed by atoms with Crippen LogP contribution in [-0.4, -0.2) is 44.7 Å². The maximum Gasteiger partial charge on any atom is 0.224 e. The number of aromatic nitrogens is 2. The molecule has 4 nitrogen and oxygen atoms in total. The van der Waals surface area contributed by atoms with Gasteiger partial charge in [-0.15, -0.1) is 0 Å². The number of carbonyl (C=O) groups is 1. The predicted octanol–water partition coefficient (Wildman–Crippen LogP) is 2.97. The summed E-state index contributed by atoms with van der Waals surface area (Å²) in [6, 6.07) is 2.04. The highest BCUT2D eigenvalue weighted by atomic mass is 32.2. The van der Waals surface area contributed by atoms with E-state index in [1.807, 2.05) is 28.7 Å². The lowest BCUT2D eigenvalue weighted by Crippen LogP contribution is -2.36. The maximum absolute atomic E-state index is 12.5.